The van der Waals surface area contributed by atoms with E-state index in [1.54, 1.807) is 10.9 Å². The summed E-state index contributed by atoms with van der Waals surface area (Å²) in [6.07, 6.45) is 8.37. The lowest BCUT2D eigenvalue weighted by Gasteiger charge is -2.21. The highest BCUT2D eigenvalue weighted by Gasteiger charge is 2.42. The molecule has 0 unspecified atom stereocenters. The molecule has 126 valence electrons. The Bertz CT molecular complexity index is 678. The van der Waals surface area contributed by atoms with Gasteiger partial charge in [-0.15, -0.1) is 0 Å². The quantitative estimate of drug-likeness (QED) is 0.887. The molecule has 1 aliphatic heterocycles. The Hall–Kier alpha value is -1.91. The summed E-state index contributed by atoms with van der Waals surface area (Å²) in [6, 6.07) is 11.5. The summed E-state index contributed by atoms with van der Waals surface area (Å²) in [4.78, 5) is 2.63. The second kappa shape index (κ2) is 6.91. The van der Waals surface area contributed by atoms with Gasteiger partial charge in [0.25, 0.3) is 0 Å². The minimum Gasteiger partial charge on any atom is -0.309 e. The van der Waals surface area contributed by atoms with E-state index in [0.29, 0.717) is 6.04 Å². The van der Waals surface area contributed by atoms with Crippen LogP contribution in [0.25, 0.3) is 6.20 Å². The molecule has 4 heteroatoms. The molecule has 0 amide bonds. The Balaban J connectivity index is 1.32. The molecular formula is C20H26N4. The minimum absolute atomic E-state index is 0.642. The topological polar surface area (TPSA) is 33.1 Å². The van der Waals surface area contributed by atoms with E-state index in [1.807, 2.05) is 12.4 Å². The average Bonchev–Trinajstić information content (AvgIpc) is 3.30. The lowest BCUT2D eigenvalue weighted by atomic mass is 9.98. The molecule has 1 aliphatic carbocycles. The Morgan fingerprint density at radius 2 is 2.04 bits per heavy atom. The van der Waals surface area contributed by atoms with Crippen LogP contribution in [0.1, 0.15) is 24.0 Å². The fourth-order valence-electron chi connectivity index (χ4n) is 4.40. The van der Waals surface area contributed by atoms with Gasteiger partial charge in [0.15, 0.2) is 0 Å². The Morgan fingerprint density at radius 3 is 2.83 bits per heavy atom. The lowest BCUT2D eigenvalue weighted by Crippen LogP contribution is -2.35. The van der Waals surface area contributed by atoms with E-state index in [4.69, 9.17) is 0 Å². The Labute approximate surface area is 144 Å². The molecule has 24 heavy (non-hydrogen) atoms. The molecule has 1 saturated heterocycles. The normalized spacial score (nSPS) is 26.6. The number of nitrogens with zero attached hydrogens (tertiary/aromatic N) is 3. The molecule has 3 atom stereocenters. The predicted molar refractivity (Wildman–Crippen MR) is 97.2 cm³/mol. The van der Waals surface area contributed by atoms with Crippen molar-refractivity contribution in [2.45, 2.75) is 32.0 Å². The summed E-state index contributed by atoms with van der Waals surface area (Å²) in [7, 11) is 0. The summed E-state index contributed by atoms with van der Waals surface area (Å²) in [5.74, 6) is 1.66. The third kappa shape index (κ3) is 3.30. The second-order valence-corrected chi connectivity index (χ2v) is 7.18. The number of aromatic nitrogens is 2. The number of benzene rings is 1. The van der Waals surface area contributed by atoms with Crippen molar-refractivity contribution in [2.24, 2.45) is 11.8 Å². The van der Waals surface area contributed by atoms with E-state index in [9.17, 15) is 0 Å². The third-order valence-electron chi connectivity index (χ3n) is 5.59. The summed E-state index contributed by atoms with van der Waals surface area (Å²) in [5, 5.41) is 8.03. The minimum atomic E-state index is 0.642. The van der Waals surface area contributed by atoms with E-state index in [0.717, 1.165) is 24.9 Å². The van der Waals surface area contributed by atoms with Gasteiger partial charge in [-0.1, -0.05) is 36.9 Å². The van der Waals surface area contributed by atoms with E-state index in [2.05, 4.69) is 52.2 Å². The van der Waals surface area contributed by atoms with Crippen LogP contribution in [0.3, 0.4) is 0 Å². The monoisotopic (exact) mass is 322 g/mol. The first-order chi connectivity index (χ1) is 11.8. The summed E-state index contributed by atoms with van der Waals surface area (Å²) in [6.45, 7) is 8.22. The molecule has 0 spiro atoms. The molecule has 1 saturated carbocycles. The zero-order valence-electron chi connectivity index (χ0n) is 14.1. The number of nitrogens with one attached hydrogen (secondary N) is 1. The molecule has 1 aromatic heterocycles. The van der Waals surface area contributed by atoms with E-state index < -0.39 is 0 Å². The summed E-state index contributed by atoms with van der Waals surface area (Å²) in [5.41, 5.74) is 2.66. The van der Waals surface area contributed by atoms with Crippen molar-refractivity contribution in [3.8, 4) is 0 Å². The maximum Gasteiger partial charge on any atom is 0.0538 e. The fourth-order valence-corrected chi connectivity index (χ4v) is 4.40. The van der Waals surface area contributed by atoms with E-state index in [-0.39, 0.29) is 0 Å². The highest BCUT2D eigenvalue weighted by molar-refractivity contribution is 5.18. The van der Waals surface area contributed by atoms with Crippen LogP contribution >= 0.6 is 0 Å². The smallest absolute Gasteiger partial charge is 0.0538 e. The Morgan fingerprint density at radius 1 is 1.17 bits per heavy atom. The SMILES string of the molecule is C=Cn1cc(CN[C@@H]2CC[C@@H]3CN(Cc4ccccc4)C[C@@H]32)cn1. The average molecular weight is 322 g/mol. The van der Waals surface area contributed by atoms with Crippen molar-refractivity contribution in [1.29, 1.82) is 0 Å². The van der Waals surface area contributed by atoms with Gasteiger partial charge in [0.05, 0.1) is 6.20 Å². The zero-order valence-corrected chi connectivity index (χ0v) is 14.1. The number of hydrogen-bond donors (Lipinski definition) is 1. The molecule has 0 bridgehead atoms. The predicted octanol–water partition coefficient (Wildman–Crippen LogP) is 2.98. The maximum absolute atomic E-state index is 4.26. The van der Waals surface area contributed by atoms with Crippen LogP contribution in [0.15, 0.2) is 49.3 Å². The van der Waals surface area contributed by atoms with Crippen LogP contribution < -0.4 is 5.32 Å². The van der Waals surface area contributed by atoms with E-state index in [1.165, 1.54) is 37.1 Å². The largest absolute Gasteiger partial charge is 0.309 e. The number of fused-ring (bicyclic) bond motifs is 1. The van der Waals surface area contributed by atoms with Gasteiger partial charge in [-0.05, 0) is 30.2 Å². The van der Waals surface area contributed by atoms with Crippen LogP contribution in [0.5, 0.6) is 0 Å². The van der Waals surface area contributed by atoms with Crippen molar-refractivity contribution in [2.75, 3.05) is 13.1 Å². The number of hydrogen-bond acceptors (Lipinski definition) is 3. The van der Waals surface area contributed by atoms with Gasteiger partial charge in [0, 0.05) is 50.2 Å². The van der Waals surface area contributed by atoms with Crippen LogP contribution in [0, 0.1) is 11.8 Å². The van der Waals surface area contributed by atoms with Crippen LogP contribution in [-0.2, 0) is 13.1 Å². The second-order valence-electron chi connectivity index (χ2n) is 7.18. The van der Waals surface area contributed by atoms with Gasteiger partial charge in [0.2, 0.25) is 0 Å². The highest BCUT2D eigenvalue weighted by Crippen LogP contribution is 2.38. The van der Waals surface area contributed by atoms with Crippen LogP contribution in [-0.4, -0.2) is 33.8 Å². The van der Waals surface area contributed by atoms with Gasteiger partial charge in [-0.2, -0.15) is 5.10 Å². The lowest BCUT2D eigenvalue weighted by molar-refractivity contribution is 0.288. The molecular weight excluding hydrogens is 296 g/mol. The number of rotatable bonds is 6. The van der Waals surface area contributed by atoms with Gasteiger partial charge in [-0.3, -0.25) is 4.90 Å². The maximum atomic E-state index is 4.26. The van der Waals surface area contributed by atoms with Gasteiger partial charge >= 0.3 is 0 Å². The Kier molecular flexibility index (Phi) is 4.50. The molecule has 2 aromatic rings. The van der Waals surface area contributed by atoms with Crippen LogP contribution in [0.2, 0.25) is 0 Å². The van der Waals surface area contributed by atoms with Crippen molar-refractivity contribution >= 4 is 6.20 Å². The molecule has 2 fully saturated rings. The van der Waals surface area contributed by atoms with Gasteiger partial charge < -0.3 is 5.32 Å². The molecule has 4 rings (SSSR count). The van der Waals surface area contributed by atoms with Crippen LogP contribution in [0.4, 0.5) is 0 Å². The molecule has 2 heterocycles. The first-order valence-electron chi connectivity index (χ1n) is 8.97. The fraction of sp³-hybridized carbons (Fsp3) is 0.450. The molecule has 4 nitrogen and oxygen atoms in total. The first-order valence-corrected chi connectivity index (χ1v) is 8.97. The standard InChI is InChI=1S/C20H26N4/c1-2-24-13-17(11-22-24)10-21-20-9-8-18-14-23(15-19(18)20)12-16-6-4-3-5-7-16/h2-7,11,13,18-21H,1,8-10,12,14-15H2/t18-,19+,20-/m1/s1. The van der Waals surface area contributed by atoms with Crippen molar-refractivity contribution in [3.63, 3.8) is 0 Å². The summed E-state index contributed by atoms with van der Waals surface area (Å²) < 4.78 is 1.77. The highest BCUT2D eigenvalue weighted by atomic mass is 15.2. The molecule has 2 aliphatic rings. The summed E-state index contributed by atoms with van der Waals surface area (Å²) >= 11 is 0. The van der Waals surface area contributed by atoms with Gasteiger partial charge in [0.1, 0.15) is 0 Å². The number of likely N-dealkylation sites (tertiary alicyclic amines) is 1. The molecule has 0 radical (unpaired) electrons. The van der Waals surface area contributed by atoms with Gasteiger partial charge in [-0.25, -0.2) is 4.68 Å². The van der Waals surface area contributed by atoms with Crippen molar-refractivity contribution < 1.29 is 0 Å². The van der Waals surface area contributed by atoms with Crippen molar-refractivity contribution in [3.05, 3.63) is 60.4 Å². The van der Waals surface area contributed by atoms with Crippen molar-refractivity contribution in [1.82, 2.24) is 20.0 Å². The molecule has 1 aromatic carbocycles. The molecule has 1 N–H and O–H groups in total. The first kappa shape index (κ1) is 15.6. The zero-order chi connectivity index (χ0) is 16.4. The third-order valence-corrected chi connectivity index (χ3v) is 5.59. The van der Waals surface area contributed by atoms with E-state index >= 15 is 0 Å².